The summed E-state index contributed by atoms with van der Waals surface area (Å²) in [5.74, 6) is 0.0620. The number of carbonyl (C=O) groups is 2. The molecule has 0 radical (unpaired) electrons. The maximum absolute atomic E-state index is 11.1. The average Bonchev–Trinajstić information content (AvgIpc) is 2.16. The van der Waals surface area contributed by atoms with Crippen LogP contribution >= 0.6 is 15.9 Å². The zero-order valence-corrected chi connectivity index (χ0v) is 9.67. The SMILES string of the molecule is CC(=O)C(Br)c1ccc(C=O)cc1C. The molecule has 0 saturated heterocycles. The summed E-state index contributed by atoms with van der Waals surface area (Å²) in [7, 11) is 0. The van der Waals surface area contributed by atoms with Crippen molar-refractivity contribution in [1.29, 1.82) is 0 Å². The smallest absolute Gasteiger partial charge is 0.150 e. The van der Waals surface area contributed by atoms with E-state index < -0.39 is 0 Å². The normalized spacial score (nSPS) is 12.2. The highest BCUT2D eigenvalue weighted by Gasteiger charge is 2.14. The molecular weight excluding hydrogens is 244 g/mol. The highest BCUT2D eigenvalue weighted by atomic mass is 79.9. The summed E-state index contributed by atoms with van der Waals surface area (Å²) in [5.41, 5.74) is 2.50. The zero-order valence-electron chi connectivity index (χ0n) is 8.08. The van der Waals surface area contributed by atoms with Crippen molar-refractivity contribution >= 4 is 28.0 Å². The first-order chi connectivity index (χ1) is 6.56. The topological polar surface area (TPSA) is 34.1 Å². The monoisotopic (exact) mass is 254 g/mol. The van der Waals surface area contributed by atoms with Crippen molar-refractivity contribution in [3.8, 4) is 0 Å². The van der Waals surface area contributed by atoms with E-state index in [2.05, 4.69) is 15.9 Å². The molecule has 1 aromatic carbocycles. The van der Waals surface area contributed by atoms with E-state index in [1.54, 1.807) is 18.2 Å². The number of hydrogen-bond donors (Lipinski definition) is 0. The summed E-state index contributed by atoms with van der Waals surface area (Å²) >= 11 is 3.31. The minimum Gasteiger partial charge on any atom is -0.298 e. The fraction of sp³-hybridized carbons (Fsp3) is 0.273. The molecule has 0 spiro atoms. The van der Waals surface area contributed by atoms with Gasteiger partial charge in [0, 0.05) is 5.56 Å². The maximum Gasteiger partial charge on any atom is 0.150 e. The molecule has 0 fully saturated rings. The minimum atomic E-state index is -0.275. The lowest BCUT2D eigenvalue weighted by atomic mass is 10.0. The van der Waals surface area contributed by atoms with Gasteiger partial charge in [0.05, 0.1) is 4.83 Å². The molecule has 1 rings (SSSR count). The molecule has 0 aliphatic heterocycles. The van der Waals surface area contributed by atoms with Gasteiger partial charge in [-0.3, -0.25) is 9.59 Å². The van der Waals surface area contributed by atoms with Crippen LogP contribution in [0.3, 0.4) is 0 Å². The summed E-state index contributed by atoms with van der Waals surface area (Å²) in [6.45, 7) is 3.42. The van der Waals surface area contributed by atoms with Gasteiger partial charge in [-0.2, -0.15) is 0 Å². The Labute approximate surface area is 91.4 Å². The van der Waals surface area contributed by atoms with Crippen molar-refractivity contribution in [3.05, 3.63) is 34.9 Å². The molecule has 3 heteroatoms. The van der Waals surface area contributed by atoms with E-state index in [0.717, 1.165) is 17.4 Å². The Balaban J connectivity index is 3.11. The third kappa shape index (κ3) is 2.29. The van der Waals surface area contributed by atoms with Gasteiger partial charge in [-0.05, 0) is 31.0 Å². The van der Waals surface area contributed by atoms with Crippen molar-refractivity contribution in [1.82, 2.24) is 0 Å². The third-order valence-electron chi connectivity index (χ3n) is 2.06. The number of halogens is 1. The van der Waals surface area contributed by atoms with E-state index in [4.69, 9.17) is 0 Å². The van der Waals surface area contributed by atoms with Crippen LogP contribution in [-0.4, -0.2) is 12.1 Å². The van der Waals surface area contributed by atoms with Gasteiger partial charge in [-0.25, -0.2) is 0 Å². The van der Waals surface area contributed by atoms with Crippen LogP contribution in [0.5, 0.6) is 0 Å². The van der Waals surface area contributed by atoms with Gasteiger partial charge < -0.3 is 0 Å². The molecule has 0 aliphatic rings. The van der Waals surface area contributed by atoms with Crippen LogP contribution in [0.2, 0.25) is 0 Å². The lowest BCUT2D eigenvalue weighted by Gasteiger charge is -2.09. The van der Waals surface area contributed by atoms with Crippen LogP contribution < -0.4 is 0 Å². The number of aryl methyl sites for hydroxylation is 1. The molecule has 1 unspecified atom stereocenters. The van der Waals surface area contributed by atoms with Crippen molar-refractivity contribution in [3.63, 3.8) is 0 Å². The van der Waals surface area contributed by atoms with E-state index in [9.17, 15) is 9.59 Å². The number of hydrogen-bond acceptors (Lipinski definition) is 2. The van der Waals surface area contributed by atoms with Gasteiger partial charge in [0.15, 0.2) is 0 Å². The highest BCUT2D eigenvalue weighted by molar-refractivity contribution is 9.09. The van der Waals surface area contributed by atoms with Crippen molar-refractivity contribution < 1.29 is 9.59 Å². The second-order valence-electron chi connectivity index (χ2n) is 3.21. The molecular formula is C11H11BrO2. The first-order valence-electron chi connectivity index (χ1n) is 4.26. The predicted molar refractivity (Wildman–Crippen MR) is 58.9 cm³/mol. The first-order valence-corrected chi connectivity index (χ1v) is 5.18. The standard InChI is InChI=1S/C11H11BrO2/c1-7-5-9(6-13)3-4-10(7)11(12)8(2)14/h3-6,11H,1-2H3. The van der Waals surface area contributed by atoms with Crippen LogP contribution in [0.25, 0.3) is 0 Å². The summed E-state index contributed by atoms with van der Waals surface area (Å²) in [4.78, 5) is 21.4. The van der Waals surface area contributed by atoms with E-state index >= 15 is 0 Å². The average molecular weight is 255 g/mol. The Morgan fingerprint density at radius 3 is 2.57 bits per heavy atom. The van der Waals surface area contributed by atoms with Gasteiger partial charge in [0.25, 0.3) is 0 Å². The van der Waals surface area contributed by atoms with Gasteiger partial charge in [0.2, 0.25) is 0 Å². The van der Waals surface area contributed by atoms with Crippen LogP contribution in [-0.2, 0) is 4.79 Å². The predicted octanol–water partition coefficient (Wildman–Crippen LogP) is 2.83. The van der Waals surface area contributed by atoms with E-state index in [0.29, 0.717) is 5.56 Å². The van der Waals surface area contributed by atoms with E-state index in [1.165, 1.54) is 6.92 Å². The molecule has 0 N–H and O–H groups in total. The molecule has 0 amide bonds. The quantitative estimate of drug-likeness (QED) is 0.614. The summed E-state index contributed by atoms with van der Waals surface area (Å²) < 4.78 is 0. The Bertz CT molecular complexity index is 372. The fourth-order valence-corrected chi connectivity index (χ4v) is 1.79. The number of Topliss-reactive ketones (excluding diaryl/α,β-unsaturated/α-hetero) is 1. The molecule has 0 heterocycles. The van der Waals surface area contributed by atoms with E-state index in [-0.39, 0.29) is 10.6 Å². The zero-order chi connectivity index (χ0) is 10.7. The molecule has 74 valence electrons. The lowest BCUT2D eigenvalue weighted by Crippen LogP contribution is -2.03. The van der Waals surface area contributed by atoms with Crippen molar-refractivity contribution in [2.24, 2.45) is 0 Å². The number of aldehydes is 1. The van der Waals surface area contributed by atoms with Crippen LogP contribution in [0.4, 0.5) is 0 Å². The Hall–Kier alpha value is -0.960. The fourth-order valence-electron chi connectivity index (χ4n) is 1.28. The Kier molecular flexibility index (Phi) is 3.58. The molecule has 0 bridgehead atoms. The molecule has 14 heavy (non-hydrogen) atoms. The van der Waals surface area contributed by atoms with Gasteiger partial charge >= 0.3 is 0 Å². The maximum atomic E-state index is 11.1. The van der Waals surface area contributed by atoms with Gasteiger partial charge in [0.1, 0.15) is 12.1 Å². The first kappa shape index (κ1) is 11.1. The number of alkyl halides is 1. The number of benzene rings is 1. The Morgan fingerprint density at radius 1 is 1.50 bits per heavy atom. The molecule has 1 atom stereocenters. The molecule has 0 aromatic heterocycles. The molecule has 2 nitrogen and oxygen atoms in total. The second kappa shape index (κ2) is 4.51. The minimum absolute atomic E-state index is 0.0620. The van der Waals surface area contributed by atoms with Crippen molar-refractivity contribution in [2.45, 2.75) is 18.7 Å². The molecule has 0 aliphatic carbocycles. The highest BCUT2D eigenvalue weighted by Crippen LogP contribution is 2.26. The van der Waals surface area contributed by atoms with E-state index in [1.807, 2.05) is 6.92 Å². The van der Waals surface area contributed by atoms with Crippen LogP contribution in [0.1, 0.15) is 33.2 Å². The number of rotatable bonds is 3. The second-order valence-corrected chi connectivity index (χ2v) is 4.12. The van der Waals surface area contributed by atoms with Crippen molar-refractivity contribution in [2.75, 3.05) is 0 Å². The molecule has 1 aromatic rings. The molecule has 0 saturated carbocycles. The number of ketones is 1. The van der Waals surface area contributed by atoms with Gasteiger partial charge in [-0.15, -0.1) is 0 Å². The number of carbonyl (C=O) groups excluding carboxylic acids is 2. The van der Waals surface area contributed by atoms with Crippen LogP contribution in [0, 0.1) is 6.92 Å². The summed E-state index contributed by atoms with van der Waals surface area (Å²) in [5, 5.41) is 0. The Morgan fingerprint density at radius 2 is 2.14 bits per heavy atom. The largest absolute Gasteiger partial charge is 0.298 e. The lowest BCUT2D eigenvalue weighted by molar-refractivity contribution is -0.116. The van der Waals surface area contributed by atoms with Crippen LogP contribution in [0.15, 0.2) is 18.2 Å². The van der Waals surface area contributed by atoms with Gasteiger partial charge in [-0.1, -0.05) is 28.1 Å². The summed E-state index contributed by atoms with van der Waals surface area (Å²) in [6.07, 6.45) is 0.799. The third-order valence-corrected chi connectivity index (χ3v) is 3.20. The summed E-state index contributed by atoms with van der Waals surface area (Å²) in [6, 6.07) is 5.30.